The number of aromatic amines is 1. The normalized spacial score (nSPS) is 25.2. The Morgan fingerprint density at radius 1 is 1.14 bits per heavy atom. The summed E-state index contributed by atoms with van der Waals surface area (Å²) in [7, 11) is 0. The maximum atomic E-state index is 12.8. The van der Waals surface area contributed by atoms with Crippen molar-refractivity contribution in [3.63, 3.8) is 0 Å². The van der Waals surface area contributed by atoms with Crippen molar-refractivity contribution in [3.8, 4) is 0 Å². The lowest BCUT2D eigenvalue weighted by Crippen LogP contribution is -2.44. The number of H-pyrrole nitrogens is 1. The number of carbonyl (C=O) groups is 1. The van der Waals surface area contributed by atoms with Crippen LogP contribution >= 0.6 is 11.6 Å². The molecule has 4 heteroatoms. The number of carbonyl (C=O) groups excluding carboxylic acids is 1. The van der Waals surface area contributed by atoms with E-state index in [0.717, 1.165) is 29.9 Å². The van der Waals surface area contributed by atoms with Crippen molar-refractivity contribution in [1.82, 2.24) is 9.88 Å². The summed E-state index contributed by atoms with van der Waals surface area (Å²) in [6, 6.07) is 7.61. The van der Waals surface area contributed by atoms with Crippen molar-refractivity contribution in [1.29, 1.82) is 0 Å². The molecule has 2 heterocycles. The van der Waals surface area contributed by atoms with Crippen LogP contribution in [0.3, 0.4) is 0 Å². The van der Waals surface area contributed by atoms with Crippen LogP contribution in [-0.2, 0) is 0 Å². The number of nitrogens with zero attached hydrogens (tertiary/aromatic N) is 1. The topological polar surface area (TPSA) is 36.1 Å². The van der Waals surface area contributed by atoms with E-state index in [9.17, 15) is 4.79 Å². The van der Waals surface area contributed by atoms with Gasteiger partial charge in [0.25, 0.3) is 5.91 Å². The van der Waals surface area contributed by atoms with Crippen LogP contribution in [0, 0.1) is 11.8 Å². The maximum absolute atomic E-state index is 12.8. The number of likely N-dealkylation sites (tertiary alicyclic amines) is 1. The number of halogens is 1. The van der Waals surface area contributed by atoms with Gasteiger partial charge in [0.2, 0.25) is 0 Å². The second-order valence-electron chi connectivity index (χ2n) is 6.76. The van der Waals surface area contributed by atoms with E-state index in [1.807, 2.05) is 29.2 Å². The van der Waals surface area contributed by atoms with E-state index in [1.54, 1.807) is 0 Å². The van der Waals surface area contributed by atoms with Gasteiger partial charge in [-0.05, 0) is 48.9 Å². The monoisotopic (exact) mass is 316 g/mol. The summed E-state index contributed by atoms with van der Waals surface area (Å²) in [6.45, 7) is 1.83. The number of rotatable bonds is 1. The molecule has 2 aromatic rings. The summed E-state index contributed by atoms with van der Waals surface area (Å²) < 4.78 is 0. The molecule has 1 aliphatic heterocycles. The number of fused-ring (bicyclic) bond motifs is 2. The number of nitrogens with one attached hydrogen (secondary N) is 1. The maximum Gasteiger partial charge on any atom is 0.270 e. The molecule has 1 saturated carbocycles. The number of hydrogen-bond acceptors (Lipinski definition) is 1. The molecule has 2 atom stereocenters. The fourth-order valence-electron chi connectivity index (χ4n) is 4.17. The molecule has 22 heavy (non-hydrogen) atoms. The summed E-state index contributed by atoms with van der Waals surface area (Å²) in [5.74, 6) is 1.70. The van der Waals surface area contributed by atoms with Gasteiger partial charge < -0.3 is 9.88 Å². The fraction of sp³-hybridized carbons (Fsp3) is 0.500. The molecule has 3 nitrogen and oxygen atoms in total. The van der Waals surface area contributed by atoms with Crippen LogP contribution in [0.5, 0.6) is 0 Å². The van der Waals surface area contributed by atoms with Gasteiger partial charge in [-0.1, -0.05) is 30.9 Å². The van der Waals surface area contributed by atoms with Gasteiger partial charge in [-0.15, -0.1) is 0 Å². The predicted octanol–water partition coefficient (Wildman–Crippen LogP) is 4.47. The average molecular weight is 317 g/mol. The van der Waals surface area contributed by atoms with E-state index < -0.39 is 0 Å². The van der Waals surface area contributed by atoms with Gasteiger partial charge >= 0.3 is 0 Å². The molecule has 1 amide bonds. The Morgan fingerprint density at radius 3 is 2.82 bits per heavy atom. The quantitative estimate of drug-likeness (QED) is 0.827. The van der Waals surface area contributed by atoms with Gasteiger partial charge in [0.1, 0.15) is 5.69 Å². The minimum Gasteiger partial charge on any atom is -0.351 e. The first kappa shape index (κ1) is 14.1. The molecule has 0 bridgehead atoms. The van der Waals surface area contributed by atoms with Gasteiger partial charge in [0, 0.05) is 29.0 Å². The number of piperidine rings is 1. The second kappa shape index (κ2) is 5.62. The first-order valence-corrected chi connectivity index (χ1v) is 8.66. The SMILES string of the molecule is O=C(c1cc2cc(Cl)ccc2[nH]1)N1CCC2CCCCC2C1. The largest absolute Gasteiger partial charge is 0.351 e. The van der Waals surface area contributed by atoms with Crippen molar-refractivity contribution in [2.24, 2.45) is 11.8 Å². The number of aromatic nitrogens is 1. The van der Waals surface area contributed by atoms with Crippen LogP contribution in [0.25, 0.3) is 10.9 Å². The van der Waals surface area contributed by atoms with Gasteiger partial charge in [-0.25, -0.2) is 0 Å². The minimum absolute atomic E-state index is 0.136. The first-order chi connectivity index (χ1) is 10.7. The molecule has 1 aromatic heterocycles. The summed E-state index contributed by atoms with van der Waals surface area (Å²) in [5.41, 5.74) is 1.66. The molecule has 1 aliphatic carbocycles. The molecule has 116 valence electrons. The molecular formula is C18H21ClN2O. The molecular weight excluding hydrogens is 296 g/mol. The number of benzene rings is 1. The third-order valence-electron chi connectivity index (χ3n) is 5.39. The molecule has 2 unspecified atom stereocenters. The Kier molecular flexibility index (Phi) is 3.61. The van der Waals surface area contributed by atoms with Crippen molar-refractivity contribution in [2.75, 3.05) is 13.1 Å². The fourth-order valence-corrected chi connectivity index (χ4v) is 4.35. The van der Waals surface area contributed by atoms with Crippen LogP contribution in [0.4, 0.5) is 0 Å². The molecule has 0 spiro atoms. The third kappa shape index (κ3) is 2.52. The van der Waals surface area contributed by atoms with Crippen LogP contribution < -0.4 is 0 Å². The van der Waals surface area contributed by atoms with Crippen LogP contribution in [0.1, 0.15) is 42.6 Å². The van der Waals surface area contributed by atoms with E-state index in [0.29, 0.717) is 16.6 Å². The highest BCUT2D eigenvalue weighted by molar-refractivity contribution is 6.31. The van der Waals surface area contributed by atoms with Gasteiger partial charge in [0.05, 0.1) is 0 Å². The van der Waals surface area contributed by atoms with Crippen LogP contribution in [0.2, 0.25) is 5.02 Å². The van der Waals surface area contributed by atoms with E-state index >= 15 is 0 Å². The molecule has 1 N–H and O–H groups in total. The van der Waals surface area contributed by atoms with Crippen molar-refractivity contribution >= 4 is 28.4 Å². The molecule has 4 rings (SSSR count). The van der Waals surface area contributed by atoms with Gasteiger partial charge in [-0.2, -0.15) is 0 Å². The lowest BCUT2D eigenvalue weighted by molar-refractivity contribution is 0.0516. The summed E-state index contributed by atoms with van der Waals surface area (Å²) >= 11 is 6.02. The van der Waals surface area contributed by atoms with Gasteiger partial charge in [-0.3, -0.25) is 4.79 Å². The summed E-state index contributed by atoms with van der Waals surface area (Å²) in [4.78, 5) is 18.1. The van der Waals surface area contributed by atoms with Crippen molar-refractivity contribution in [2.45, 2.75) is 32.1 Å². The Balaban J connectivity index is 1.55. The van der Waals surface area contributed by atoms with Gasteiger partial charge in [0.15, 0.2) is 0 Å². The molecule has 1 saturated heterocycles. The Bertz CT molecular complexity index is 708. The predicted molar refractivity (Wildman–Crippen MR) is 89.3 cm³/mol. The zero-order valence-corrected chi connectivity index (χ0v) is 13.4. The molecule has 0 radical (unpaired) electrons. The zero-order chi connectivity index (χ0) is 15.1. The molecule has 2 aliphatic rings. The average Bonchev–Trinajstić information content (AvgIpc) is 2.96. The van der Waals surface area contributed by atoms with Crippen molar-refractivity contribution in [3.05, 3.63) is 35.0 Å². The highest BCUT2D eigenvalue weighted by atomic mass is 35.5. The highest BCUT2D eigenvalue weighted by Gasteiger charge is 2.33. The Morgan fingerprint density at radius 2 is 1.95 bits per heavy atom. The number of amides is 1. The highest BCUT2D eigenvalue weighted by Crippen LogP contribution is 2.36. The minimum atomic E-state index is 0.136. The summed E-state index contributed by atoms with van der Waals surface area (Å²) in [5, 5.41) is 1.71. The smallest absolute Gasteiger partial charge is 0.270 e. The molecule has 1 aromatic carbocycles. The van der Waals surface area contributed by atoms with Crippen LogP contribution in [-0.4, -0.2) is 28.9 Å². The molecule has 2 fully saturated rings. The number of hydrogen-bond donors (Lipinski definition) is 1. The lowest BCUT2D eigenvalue weighted by Gasteiger charge is -2.41. The van der Waals surface area contributed by atoms with E-state index in [1.165, 1.54) is 32.1 Å². The Labute approximate surface area is 135 Å². The zero-order valence-electron chi connectivity index (χ0n) is 12.6. The third-order valence-corrected chi connectivity index (χ3v) is 5.63. The first-order valence-electron chi connectivity index (χ1n) is 8.28. The Hall–Kier alpha value is -1.48. The standard InChI is InChI=1S/C18H21ClN2O/c19-15-5-6-16-14(9-15)10-17(20-16)18(22)21-8-7-12-3-1-2-4-13(12)11-21/h5-6,9-10,12-13,20H,1-4,7-8,11H2. The van der Waals surface area contributed by atoms with E-state index in [2.05, 4.69) is 4.98 Å². The van der Waals surface area contributed by atoms with Crippen molar-refractivity contribution < 1.29 is 4.79 Å². The van der Waals surface area contributed by atoms with E-state index in [4.69, 9.17) is 11.6 Å². The van der Waals surface area contributed by atoms with E-state index in [-0.39, 0.29) is 5.91 Å². The summed E-state index contributed by atoms with van der Waals surface area (Å²) in [6.07, 6.45) is 6.52. The second-order valence-corrected chi connectivity index (χ2v) is 7.20. The lowest BCUT2D eigenvalue weighted by atomic mass is 9.75. The van der Waals surface area contributed by atoms with Crippen LogP contribution in [0.15, 0.2) is 24.3 Å².